The van der Waals surface area contributed by atoms with Crippen LogP contribution in [0.1, 0.15) is 32.9 Å². The summed E-state index contributed by atoms with van der Waals surface area (Å²) >= 11 is 1.39. The van der Waals surface area contributed by atoms with Crippen molar-refractivity contribution in [3.63, 3.8) is 0 Å². The van der Waals surface area contributed by atoms with Gasteiger partial charge in [0.15, 0.2) is 5.69 Å². The normalized spacial score (nSPS) is 10.5. The molecule has 2 rings (SSSR count). The molecule has 5 heteroatoms. The lowest BCUT2D eigenvalue weighted by molar-refractivity contribution is 0.0519. The zero-order chi connectivity index (χ0) is 13.8. The van der Waals surface area contributed by atoms with Crippen LogP contribution in [0.25, 0.3) is 0 Å². The van der Waals surface area contributed by atoms with Crippen molar-refractivity contribution in [1.82, 2.24) is 4.98 Å². The van der Waals surface area contributed by atoms with Crippen LogP contribution < -0.4 is 0 Å². The molecule has 0 amide bonds. The van der Waals surface area contributed by atoms with Gasteiger partial charge in [-0.3, -0.25) is 0 Å². The number of ether oxygens (including phenoxy) is 1. The molecule has 0 saturated carbocycles. The quantitative estimate of drug-likeness (QED) is 0.806. The Hall–Kier alpha value is -1.75. The predicted octanol–water partition coefficient (Wildman–Crippen LogP) is 3.36. The second-order valence-electron chi connectivity index (χ2n) is 4.00. The van der Waals surface area contributed by atoms with Gasteiger partial charge in [0, 0.05) is 11.3 Å². The minimum Gasteiger partial charge on any atom is -0.461 e. The van der Waals surface area contributed by atoms with E-state index >= 15 is 0 Å². The number of aryl methyl sites for hydroxylation is 1. The number of aromatic nitrogens is 1. The first-order valence-electron chi connectivity index (χ1n) is 5.98. The summed E-state index contributed by atoms with van der Waals surface area (Å²) < 4.78 is 18.5. The maximum atomic E-state index is 13.5. The fourth-order valence-corrected chi connectivity index (χ4v) is 2.66. The molecule has 2 aromatic rings. The number of carbonyl (C=O) groups is 1. The van der Waals surface area contributed by atoms with E-state index in [-0.39, 0.29) is 5.82 Å². The highest BCUT2D eigenvalue weighted by Crippen LogP contribution is 2.22. The van der Waals surface area contributed by atoms with E-state index in [0.29, 0.717) is 29.3 Å². The molecule has 0 radical (unpaired) electrons. The van der Waals surface area contributed by atoms with Gasteiger partial charge in [-0.15, -0.1) is 11.3 Å². The Labute approximate surface area is 115 Å². The van der Waals surface area contributed by atoms with Crippen molar-refractivity contribution >= 4 is 17.3 Å². The molecule has 0 atom stereocenters. The molecule has 0 saturated heterocycles. The largest absolute Gasteiger partial charge is 0.461 e. The summed E-state index contributed by atoms with van der Waals surface area (Å²) in [5.74, 6) is -0.677. The molecule has 0 aliphatic rings. The SMILES string of the molecule is CCOC(=O)c1nc(Cc2ccccc2F)sc1C. The maximum Gasteiger partial charge on any atom is 0.358 e. The van der Waals surface area contributed by atoms with Crippen LogP contribution in [0.3, 0.4) is 0 Å². The molecule has 0 bridgehead atoms. The third kappa shape index (κ3) is 3.17. The van der Waals surface area contributed by atoms with Crippen LogP contribution in [0.5, 0.6) is 0 Å². The summed E-state index contributed by atoms with van der Waals surface area (Å²) in [4.78, 5) is 16.7. The molecule has 0 aliphatic heterocycles. The molecule has 0 spiro atoms. The Balaban J connectivity index is 2.21. The molecule has 100 valence electrons. The van der Waals surface area contributed by atoms with Crippen LogP contribution in [0.2, 0.25) is 0 Å². The molecular formula is C14H14FNO2S. The van der Waals surface area contributed by atoms with E-state index in [9.17, 15) is 9.18 Å². The summed E-state index contributed by atoms with van der Waals surface area (Å²) in [5.41, 5.74) is 0.907. The van der Waals surface area contributed by atoms with Gasteiger partial charge in [-0.25, -0.2) is 14.2 Å². The van der Waals surface area contributed by atoms with E-state index < -0.39 is 5.97 Å². The predicted molar refractivity (Wildman–Crippen MR) is 72.0 cm³/mol. The Morgan fingerprint density at radius 1 is 1.42 bits per heavy atom. The lowest BCUT2D eigenvalue weighted by atomic mass is 10.1. The molecule has 1 aromatic carbocycles. The second kappa shape index (κ2) is 5.93. The summed E-state index contributed by atoms with van der Waals surface area (Å²) in [5, 5.41) is 0.714. The van der Waals surface area contributed by atoms with Gasteiger partial charge in [0.1, 0.15) is 5.82 Å². The Kier molecular flexibility index (Phi) is 4.27. The van der Waals surface area contributed by atoms with Crippen LogP contribution in [0, 0.1) is 12.7 Å². The van der Waals surface area contributed by atoms with E-state index in [1.165, 1.54) is 17.4 Å². The van der Waals surface area contributed by atoms with Crippen molar-refractivity contribution in [2.24, 2.45) is 0 Å². The molecular weight excluding hydrogens is 265 g/mol. The van der Waals surface area contributed by atoms with E-state index in [0.717, 1.165) is 4.88 Å². The number of thiazole rings is 1. The minimum absolute atomic E-state index is 0.256. The van der Waals surface area contributed by atoms with Gasteiger partial charge in [0.2, 0.25) is 0 Å². The Bertz CT molecular complexity index is 595. The summed E-state index contributed by atoms with van der Waals surface area (Å²) in [7, 11) is 0. The van der Waals surface area contributed by atoms with Crippen molar-refractivity contribution in [2.75, 3.05) is 6.61 Å². The van der Waals surface area contributed by atoms with Gasteiger partial charge in [-0.2, -0.15) is 0 Å². The number of carbonyl (C=O) groups excluding carboxylic acids is 1. The highest BCUT2D eigenvalue weighted by molar-refractivity contribution is 7.11. The number of esters is 1. The Morgan fingerprint density at radius 3 is 2.84 bits per heavy atom. The van der Waals surface area contributed by atoms with E-state index in [1.807, 2.05) is 6.92 Å². The third-order valence-corrected chi connectivity index (χ3v) is 3.58. The average molecular weight is 279 g/mol. The zero-order valence-electron chi connectivity index (χ0n) is 10.8. The van der Waals surface area contributed by atoms with Gasteiger partial charge < -0.3 is 4.74 Å². The standard InChI is InChI=1S/C14H14FNO2S/c1-3-18-14(17)13-9(2)19-12(16-13)8-10-6-4-5-7-11(10)15/h4-7H,3,8H2,1-2H3. The highest BCUT2D eigenvalue weighted by atomic mass is 32.1. The van der Waals surface area contributed by atoms with E-state index in [2.05, 4.69) is 4.98 Å². The van der Waals surface area contributed by atoms with Gasteiger partial charge >= 0.3 is 5.97 Å². The molecule has 0 aliphatic carbocycles. The second-order valence-corrected chi connectivity index (χ2v) is 5.29. The monoisotopic (exact) mass is 279 g/mol. The van der Waals surface area contributed by atoms with E-state index in [1.54, 1.807) is 25.1 Å². The van der Waals surface area contributed by atoms with Crippen LogP contribution in [-0.4, -0.2) is 17.6 Å². The number of benzene rings is 1. The summed E-state index contributed by atoms with van der Waals surface area (Å²) in [6.07, 6.45) is 0.386. The van der Waals surface area contributed by atoms with Crippen molar-refractivity contribution in [1.29, 1.82) is 0 Å². The molecule has 0 N–H and O–H groups in total. The molecule has 19 heavy (non-hydrogen) atoms. The molecule has 0 unspecified atom stereocenters. The van der Waals surface area contributed by atoms with Gasteiger partial charge in [0.05, 0.1) is 11.6 Å². The van der Waals surface area contributed by atoms with Crippen molar-refractivity contribution in [3.05, 3.63) is 51.2 Å². The molecule has 1 aromatic heterocycles. The summed E-state index contributed by atoms with van der Waals surface area (Å²) in [6.45, 7) is 3.88. The minimum atomic E-state index is -0.420. The fraction of sp³-hybridized carbons (Fsp3) is 0.286. The lowest BCUT2D eigenvalue weighted by Crippen LogP contribution is -2.06. The number of halogens is 1. The van der Waals surface area contributed by atoms with Crippen molar-refractivity contribution in [3.8, 4) is 0 Å². The number of hydrogen-bond donors (Lipinski definition) is 0. The molecule has 3 nitrogen and oxygen atoms in total. The van der Waals surface area contributed by atoms with Crippen LogP contribution in [-0.2, 0) is 11.2 Å². The average Bonchev–Trinajstić information content (AvgIpc) is 2.74. The van der Waals surface area contributed by atoms with Crippen LogP contribution in [0.4, 0.5) is 4.39 Å². The van der Waals surface area contributed by atoms with Gasteiger partial charge in [-0.1, -0.05) is 18.2 Å². The molecule has 1 heterocycles. The number of rotatable bonds is 4. The summed E-state index contributed by atoms with van der Waals surface area (Å²) in [6, 6.07) is 6.57. The Morgan fingerprint density at radius 2 is 2.16 bits per heavy atom. The van der Waals surface area contributed by atoms with Crippen molar-refractivity contribution < 1.29 is 13.9 Å². The number of nitrogens with zero attached hydrogens (tertiary/aromatic N) is 1. The van der Waals surface area contributed by atoms with Gasteiger partial charge in [0.25, 0.3) is 0 Å². The maximum absolute atomic E-state index is 13.5. The highest BCUT2D eigenvalue weighted by Gasteiger charge is 2.17. The van der Waals surface area contributed by atoms with Crippen LogP contribution in [0.15, 0.2) is 24.3 Å². The lowest BCUT2D eigenvalue weighted by Gasteiger charge is -1.99. The fourth-order valence-electron chi connectivity index (χ4n) is 1.72. The molecule has 0 fully saturated rings. The van der Waals surface area contributed by atoms with Crippen molar-refractivity contribution in [2.45, 2.75) is 20.3 Å². The topological polar surface area (TPSA) is 39.2 Å². The first-order valence-corrected chi connectivity index (χ1v) is 6.80. The zero-order valence-corrected chi connectivity index (χ0v) is 11.6. The smallest absolute Gasteiger partial charge is 0.358 e. The number of hydrogen-bond acceptors (Lipinski definition) is 4. The third-order valence-electron chi connectivity index (χ3n) is 2.61. The van der Waals surface area contributed by atoms with E-state index in [4.69, 9.17) is 4.74 Å². The van der Waals surface area contributed by atoms with Gasteiger partial charge in [-0.05, 0) is 25.5 Å². The first-order chi connectivity index (χ1) is 9.11. The first kappa shape index (κ1) is 13.7. The van der Waals surface area contributed by atoms with Crippen LogP contribution >= 0.6 is 11.3 Å².